The van der Waals surface area contributed by atoms with Crippen LogP contribution in [0.15, 0.2) is 36.4 Å². The normalized spacial score (nSPS) is 11.6. The second-order valence-corrected chi connectivity index (χ2v) is 7.03. The first-order valence-electron chi connectivity index (χ1n) is 8.11. The van der Waals surface area contributed by atoms with E-state index in [-0.39, 0.29) is 21.4 Å². The average molecular weight is 411 g/mol. The molecule has 1 unspecified atom stereocenters. The van der Waals surface area contributed by atoms with E-state index in [0.717, 1.165) is 17.7 Å². The summed E-state index contributed by atoms with van der Waals surface area (Å²) in [7, 11) is 1.44. The van der Waals surface area contributed by atoms with Crippen molar-refractivity contribution in [2.24, 2.45) is 0 Å². The number of carbonyl (C=O) groups excluding carboxylic acids is 1. The van der Waals surface area contributed by atoms with Gasteiger partial charge in [-0.25, -0.2) is 0 Å². The Morgan fingerprint density at radius 2 is 1.96 bits per heavy atom. The quantitative estimate of drug-likeness (QED) is 0.625. The minimum Gasteiger partial charge on any atom is -0.494 e. The number of anilines is 1. The summed E-state index contributed by atoms with van der Waals surface area (Å²) in [6.07, 6.45) is 0.996. The third-order valence-electron chi connectivity index (χ3n) is 4.04. The van der Waals surface area contributed by atoms with E-state index >= 15 is 0 Å². The smallest absolute Gasteiger partial charge is 0.261 e. The molecule has 1 atom stereocenters. The molecule has 138 valence electrons. The summed E-state index contributed by atoms with van der Waals surface area (Å²) in [6.45, 7) is 4.26. The molecule has 2 aromatic rings. The molecular weight excluding hydrogens is 391 g/mol. The second kappa shape index (κ2) is 9.21. The lowest BCUT2D eigenvalue weighted by Gasteiger charge is -2.17. The van der Waals surface area contributed by atoms with Crippen LogP contribution in [-0.4, -0.2) is 18.1 Å². The zero-order valence-corrected chi connectivity index (χ0v) is 17.1. The maximum Gasteiger partial charge on any atom is 0.261 e. The predicted molar refractivity (Wildman–Crippen MR) is 112 cm³/mol. The summed E-state index contributed by atoms with van der Waals surface area (Å²) < 4.78 is 5.20. The minimum absolute atomic E-state index is 0.184. The number of para-hydroxylation sites is 1. The van der Waals surface area contributed by atoms with Crippen molar-refractivity contribution in [2.75, 3.05) is 12.4 Å². The number of rotatable bonds is 5. The summed E-state index contributed by atoms with van der Waals surface area (Å²) in [6, 6.07) is 10.9. The Bertz CT molecular complexity index is 827. The van der Waals surface area contributed by atoms with E-state index in [2.05, 4.69) is 24.5 Å². The topological polar surface area (TPSA) is 50.4 Å². The Labute approximate surface area is 168 Å². The molecule has 0 saturated carbocycles. The zero-order valence-electron chi connectivity index (χ0n) is 14.7. The first-order valence-corrected chi connectivity index (χ1v) is 9.28. The van der Waals surface area contributed by atoms with Crippen molar-refractivity contribution in [1.82, 2.24) is 5.32 Å². The number of methoxy groups -OCH3 is 1. The minimum atomic E-state index is -0.454. The number of benzene rings is 2. The summed E-state index contributed by atoms with van der Waals surface area (Å²) in [5, 5.41) is 6.50. The van der Waals surface area contributed by atoms with Crippen LogP contribution < -0.4 is 15.4 Å². The van der Waals surface area contributed by atoms with Gasteiger partial charge in [0.05, 0.1) is 17.7 Å². The van der Waals surface area contributed by atoms with Crippen LogP contribution in [0, 0.1) is 0 Å². The molecule has 0 heterocycles. The fourth-order valence-corrected chi connectivity index (χ4v) is 3.29. The Balaban J connectivity index is 2.18. The van der Waals surface area contributed by atoms with Gasteiger partial charge in [-0.15, -0.1) is 0 Å². The highest BCUT2D eigenvalue weighted by Crippen LogP contribution is 2.32. The fourth-order valence-electron chi connectivity index (χ4n) is 2.52. The maximum absolute atomic E-state index is 12.6. The van der Waals surface area contributed by atoms with Gasteiger partial charge in [0, 0.05) is 10.7 Å². The van der Waals surface area contributed by atoms with Crippen molar-refractivity contribution in [2.45, 2.75) is 26.2 Å². The molecule has 0 saturated heterocycles. The summed E-state index contributed by atoms with van der Waals surface area (Å²) in [5.74, 6) is 0.158. The van der Waals surface area contributed by atoms with Crippen LogP contribution in [0.1, 0.15) is 42.1 Å². The SMILES string of the molecule is CCC(C)c1ccccc1NC(=S)NC(=O)c1cc(Cl)cc(Cl)c1OC. The van der Waals surface area contributed by atoms with E-state index in [1.165, 1.54) is 19.2 Å². The molecule has 2 aromatic carbocycles. The molecule has 0 bridgehead atoms. The van der Waals surface area contributed by atoms with Gasteiger partial charge >= 0.3 is 0 Å². The van der Waals surface area contributed by atoms with E-state index in [9.17, 15) is 4.79 Å². The molecule has 2 N–H and O–H groups in total. The fraction of sp³-hybridized carbons (Fsp3) is 0.263. The summed E-state index contributed by atoms with van der Waals surface area (Å²) >= 11 is 17.4. The molecule has 0 radical (unpaired) electrons. The van der Waals surface area contributed by atoms with Gasteiger partial charge in [0.25, 0.3) is 5.91 Å². The van der Waals surface area contributed by atoms with Crippen LogP contribution in [0.5, 0.6) is 5.75 Å². The highest BCUT2D eigenvalue weighted by Gasteiger charge is 2.18. The van der Waals surface area contributed by atoms with E-state index < -0.39 is 5.91 Å². The molecule has 0 aliphatic rings. The van der Waals surface area contributed by atoms with Crippen LogP contribution in [0.2, 0.25) is 10.0 Å². The Hall–Kier alpha value is -1.82. The number of carbonyl (C=O) groups is 1. The second-order valence-electron chi connectivity index (χ2n) is 5.77. The lowest BCUT2D eigenvalue weighted by atomic mass is 9.97. The summed E-state index contributed by atoms with van der Waals surface area (Å²) in [4.78, 5) is 12.6. The van der Waals surface area contributed by atoms with E-state index in [4.69, 9.17) is 40.2 Å². The predicted octanol–water partition coefficient (Wildman–Crippen LogP) is 5.64. The van der Waals surface area contributed by atoms with Gasteiger partial charge in [0.1, 0.15) is 5.75 Å². The molecule has 0 aromatic heterocycles. The van der Waals surface area contributed by atoms with Gasteiger partial charge in [-0.05, 0) is 48.3 Å². The molecule has 0 fully saturated rings. The molecular formula is C19H20Cl2N2O2S. The number of halogens is 2. The number of thiocarbonyl (C=S) groups is 1. The third-order valence-corrected chi connectivity index (χ3v) is 4.74. The van der Waals surface area contributed by atoms with E-state index in [0.29, 0.717) is 10.9 Å². The molecule has 0 aliphatic heterocycles. The highest BCUT2D eigenvalue weighted by molar-refractivity contribution is 7.80. The van der Waals surface area contributed by atoms with E-state index in [1.54, 1.807) is 0 Å². The number of amides is 1. The molecule has 7 heteroatoms. The average Bonchev–Trinajstić information content (AvgIpc) is 2.60. The molecule has 4 nitrogen and oxygen atoms in total. The Morgan fingerprint density at radius 1 is 1.27 bits per heavy atom. The van der Waals surface area contributed by atoms with Crippen LogP contribution in [0.25, 0.3) is 0 Å². The Morgan fingerprint density at radius 3 is 2.62 bits per heavy atom. The third kappa shape index (κ3) is 4.87. The van der Waals surface area contributed by atoms with Gasteiger partial charge in [0.15, 0.2) is 5.11 Å². The standard InChI is InChI=1S/C19H20Cl2N2O2S/c1-4-11(2)13-7-5-6-8-16(13)22-19(26)23-18(24)14-9-12(20)10-15(21)17(14)25-3/h5-11H,4H2,1-3H3,(H2,22,23,24,26). The molecule has 0 spiro atoms. The summed E-state index contributed by atoms with van der Waals surface area (Å²) in [5.41, 5.74) is 2.21. The van der Waals surface area contributed by atoms with Crippen molar-refractivity contribution < 1.29 is 9.53 Å². The molecule has 1 amide bonds. The van der Waals surface area contributed by atoms with Gasteiger partial charge in [-0.2, -0.15) is 0 Å². The monoisotopic (exact) mass is 410 g/mol. The maximum atomic E-state index is 12.6. The first-order chi connectivity index (χ1) is 12.4. The van der Waals surface area contributed by atoms with Crippen LogP contribution in [0.4, 0.5) is 5.69 Å². The molecule has 2 rings (SSSR count). The number of nitrogens with one attached hydrogen (secondary N) is 2. The van der Waals surface area contributed by atoms with Crippen molar-refractivity contribution >= 4 is 52.1 Å². The number of ether oxygens (including phenoxy) is 1. The van der Waals surface area contributed by atoms with E-state index in [1.807, 2.05) is 24.3 Å². The lowest BCUT2D eigenvalue weighted by Crippen LogP contribution is -2.34. The van der Waals surface area contributed by atoms with Crippen molar-refractivity contribution in [3.05, 3.63) is 57.6 Å². The first kappa shape index (κ1) is 20.5. The van der Waals surface area contributed by atoms with Crippen LogP contribution >= 0.6 is 35.4 Å². The van der Waals surface area contributed by atoms with Crippen molar-refractivity contribution in [3.63, 3.8) is 0 Å². The Kier molecular flexibility index (Phi) is 7.26. The van der Waals surface area contributed by atoms with Gasteiger partial charge in [0.2, 0.25) is 0 Å². The lowest BCUT2D eigenvalue weighted by molar-refractivity contribution is 0.0975. The number of hydrogen-bond donors (Lipinski definition) is 2. The van der Waals surface area contributed by atoms with Crippen LogP contribution in [-0.2, 0) is 0 Å². The number of hydrogen-bond acceptors (Lipinski definition) is 3. The van der Waals surface area contributed by atoms with Gasteiger partial charge in [-0.1, -0.05) is 55.2 Å². The van der Waals surface area contributed by atoms with Gasteiger partial charge < -0.3 is 10.1 Å². The molecule has 26 heavy (non-hydrogen) atoms. The largest absolute Gasteiger partial charge is 0.494 e. The van der Waals surface area contributed by atoms with Crippen molar-refractivity contribution in [3.8, 4) is 5.75 Å². The van der Waals surface area contributed by atoms with Crippen molar-refractivity contribution in [1.29, 1.82) is 0 Å². The highest BCUT2D eigenvalue weighted by atomic mass is 35.5. The van der Waals surface area contributed by atoms with Gasteiger partial charge in [-0.3, -0.25) is 10.1 Å². The van der Waals surface area contributed by atoms with Crippen LogP contribution in [0.3, 0.4) is 0 Å². The zero-order chi connectivity index (χ0) is 19.3. The molecule has 0 aliphatic carbocycles.